The molecule has 1 amide bonds. The highest BCUT2D eigenvalue weighted by atomic mass is 32.2. The second kappa shape index (κ2) is 13.1. The Balaban J connectivity index is 1.40. The second-order valence-corrected chi connectivity index (χ2v) is 11.5. The summed E-state index contributed by atoms with van der Waals surface area (Å²) >= 11 is 1.75. The van der Waals surface area contributed by atoms with E-state index >= 15 is 0 Å². The van der Waals surface area contributed by atoms with Gasteiger partial charge in [0, 0.05) is 24.5 Å². The molecule has 7 heteroatoms. The fourth-order valence-electron chi connectivity index (χ4n) is 5.72. The standard InChI is InChI=1S/C30H41N3O3S/c1-35-25-14-12-24(13-15-25)29-28(36-23-22-32-18-8-3-9-19-32)30(34)33(21-20-31-16-6-2-7-17-31)26-10-4-5-11-27(26)37-29/h4-5,10-15,28-29H,2-3,6-9,16-23H2,1H3/t28-,29+/m1/s1. The molecule has 2 aromatic carbocycles. The number of para-hydroxylation sites is 1. The number of anilines is 1. The quantitative estimate of drug-likeness (QED) is 0.448. The summed E-state index contributed by atoms with van der Waals surface area (Å²) in [6.45, 7) is 7.56. The average molecular weight is 524 g/mol. The maximum Gasteiger partial charge on any atom is 0.257 e. The maximum absolute atomic E-state index is 14.3. The third kappa shape index (κ3) is 6.69. The lowest BCUT2D eigenvalue weighted by Gasteiger charge is -2.32. The molecular weight excluding hydrogens is 482 g/mol. The predicted molar refractivity (Wildman–Crippen MR) is 151 cm³/mol. The van der Waals surface area contributed by atoms with E-state index in [1.807, 2.05) is 23.1 Å². The van der Waals surface area contributed by atoms with Crippen LogP contribution >= 0.6 is 11.8 Å². The number of hydrogen-bond donors (Lipinski definition) is 0. The van der Waals surface area contributed by atoms with E-state index in [0.29, 0.717) is 13.2 Å². The molecule has 2 aromatic rings. The highest BCUT2D eigenvalue weighted by molar-refractivity contribution is 7.99. The summed E-state index contributed by atoms with van der Waals surface area (Å²) in [5.74, 6) is 0.897. The van der Waals surface area contributed by atoms with Gasteiger partial charge in [-0.05, 0) is 81.7 Å². The van der Waals surface area contributed by atoms with Crippen molar-refractivity contribution < 1.29 is 14.3 Å². The third-order valence-electron chi connectivity index (χ3n) is 7.88. The van der Waals surface area contributed by atoms with Crippen molar-refractivity contribution >= 4 is 23.4 Å². The van der Waals surface area contributed by atoms with Crippen LogP contribution in [0.5, 0.6) is 5.75 Å². The Hall–Kier alpha value is -2.06. The number of carbonyl (C=O) groups is 1. The number of amides is 1. The highest BCUT2D eigenvalue weighted by Gasteiger charge is 2.39. The maximum atomic E-state index is 14.3. The number of piperidine rings is 2. The first-order valence-corrected chi connectivity index (χ1v) is 14.9. The van der Waals surface area contributed by atoms with Gasteiger partial charge in [0.2, 0.25) is 0 Å². The van der Waals surface area contributed by atoms with E-state index in [-0.39, 0.29) is 11.2 Å². The normalized spacial score (nSPS) is 23.5. The number of carbonyl (C=O) groups excluding carboxylic acids is 1. The van der Waals surface area contributed by atoms with Crippen molar-refractivity contribution in [3.8, 4) is 5.75 Å². The molecule has 2 saturated heterocycles. The Bertz CT molecular complexity index is 1010. The Kier molecular flexibility index (Phi) is 9.43. The zero-order valence-corrected chi connectivity index (χ0v) is 23.0. The number of benzene rings is 2. The molecule has 2 fully saturated rings. The molecule has 0 N–H and O–H groups in total. The summed E-state index contributed by atoms with van der Waals surface area (Å²) in [6, 6.07) is 16.5. The number of thioether (sulfide) groups is 1. The molecule has 0 radical (unpaired) electrons. The summed E-state index contributed by atoms with van der Waals surface area (Å²) in [6.07, 6.45) is 7.11. The lowest BCUT2D eigenvalue weighted by atomic mass is 10.1. The third-order valence-corrected chi connectivity index (χ3v) is 9.25. The van der Waals surface area contributed by atoms with Gasteiger partial charge >= 0.3 is 0 Å². The predicted octanol–water partition coefficient (Wildman–Crippen LogP) is 5.23. The van der Waals surface area contributed by atoms with Gasteiger partial charge in [0.15, 0.2) is 6.10 Å². The van der Waals surface area contributed by atoms with Gasteiger partial charge in [0.25, 0.3) is 5.91 Å². The molecule has 5 rings (SSSR count). The second-order valence-electron chi connectivity index (χ2n) is 10.4. The molecule has 0 unspecified atom stereocenters. The monoisotopic (exact) mass is 523 g/mol. The Morgan fingerprint density at radius 3 is 2.14 bits per heavy atom. The number of methoxy groups -OCH3 is 1. The first-order valence-electron chi connectivity index (χ1n) is 14.0. The summed E-state index contributed by atoms with van der Waals surface area (Å²) < 4.78 is 12.0. The van der Waals surface area contributed by atoms with Crippen LogP contribution in [0.4, 0.5) is 5.69 Å². The van der Waals surface area contributed by atoms with Gasteiger partial charge in [-0.2, -0.15) is 0 Å². The SMILES string of the molecule is COc1ccc([C@@H]2Sc3ccccc3N(CCN3CCCCC3)C(=O)[C@@H]2OCCN2CCCCC2)cc1. The van der Waals surface area contributed by atoms with E-state index in [1.165, 1.54) is 38.5 Å². The summed E-state index contributed by atoms with van der Waals surface area (Å²) in [4.78, 5) is 22.4. The Morgan fingerprint density at radius 1 is 0.811 bits per heavy atom. The van der Waals surface area contributed by atoms with Crippen LogP contribution in [0.1, 0.15) is 49.3 Å². The van der Waals surface area contributed by atoms with Gasteiger partial charge in [-0.1, -0.05) is 37.1 Å². The van der Waals surface area contributed by atoms with E-state index in [2.05, 4.69) is 40.1 Å². The molecule has 0 aliphatic carbocycles. The van der Waals surface area contributed by atoms with Gasteiger partial charge in [-0.15, -0.1) is 11.8 Å². The number of fused-ring (bicyclic) bond motifs is 1. The van der Waals surface area contributed by atoms with Crippen molar-refractivity contribution in [3.63, 3.8) is 0 Å². The van der Waals surface area contributed by atoms with Crippen molar-refractivity contribution in [2.24, 2.45) is 0 Å². The molecule has 0 aromatic heterocycles. The van der Waals surface area contributed by atoms with Gasteiger partial charge in [-0.3, -0.25) is 4.79 Å². The minimum absolute atomic E-state index is 0.0777. The van der Waals surface area contributed by atoms with Gasteiger partial charge < -0.3 is 24.2 Å². The zero-order valence-electron chi connectivity index (χ0n) is 22.1. The topological polar surface area (TPSA) is 45.3 Å². The average Bonchev–Trinajstić information content (AvgIpc) is 3.07. The molecule has 6 nitrogen and oxygen atoms in total. The van der Waals surface area contributed by atoms with E-state index in [4.69, 9.17) is 9.47 Å². The lowest BCUT2D eigenvalue weighted by Crippen LogP contribution is -2.46. The lowest BCUT2D eigenvalue weighted by molar-refractivity contribution is -0.130. The van der Waals surface area contributed by atoms with Gasteiger partial charge in [0.1, 0.15) is 5.75 Å². The minimum atomic E-state index is -0.544. The van der Waals surface area contributed by atoms with Crippen LogP contribution in [-0.2, 0) is 9.53 Å². The van der Waals surface area contributed by atoms with Gasteiger partial charge in [-0.25, -0.2) is 0 Å². The summed E-state index contributed by atoms with van der Waals surface area (Å²) in [5, 5.41) is -0.124. The van der Waals surface area contributed by atoms with Crippen LogP contribution in [0.3, 0.4) is 0 Å². The zero-order chi connectivity index (χ0) is 25.5. The molecule has 3 heterocycles. The molecule has 3 aliphatic heterocycles. The van der Waals surface area contributed by atoms with Crippen LogP contribution < -0.4 is 9.64 Å². The first kappa shape index (κ1) is 26.5. The number of rotatable bonds is 9. The van der Waals surface area contributed by atoms with E-state index in [9.17, 15) is 4.79 Å². The van der Waals surface area contributed by atoms with Crippen molar-refractivity contribution in [3.05, 3.63) is 54.1 Å². The number of ether oxygens (including phenoxy) is 2. The number of likely N-dealkylation sites (tertiary alicyclic amines) is 2. The summed E-state index contributed by atoms with van der Waals surface area (Å²) in [5.41, 5.74) is 2.10. The number of hydrogen-bond acceptors (Lipinski definition) is 6. The minimum Gasteiger partial charge on any atom is -0.497 e. The van der Waals surface area contributed by atoms with Crippen molar-refractivity contribution in [1.82, 2.24) is 9.80 Å². The fourth-order valence-corrected chi connectivity index (χ4v) is 7.06. The van der Waals surface area contributed by atoms with Crippen LogP contribution in [0.25, 0.3) is 0 Å². The van der Waals surface area contributed by atoms with E-state index in [1.54, 1.807) is 18.9 Å². The summed E-state index contributed by atoms with van der Waals surface area (Å²) in [7, 11) is 1.68. The van der Waals surface area contributed by atoms with E-state index < -0.39 is 6.10 Å². The molecule has 0 spiro atoms. The molecular formula is C30H41N3O3S. The molecule has 200 valence electrons. The molecule has 2 atom stereocenters. The smallest absolute Gasteiger partial charge is 0.257 e. The fraction of sp³-hybridized carbons (Fsp3) is 0.567. The highest BCUT2D eigenvalue weighted by Crippen LogP contribution is 2.46. The molecule has 37 heavy (non-hydrogen) atoms. The van der Waals surface area contributed by atoms with Gasteiger partial charge in [0.05, 0.1) is 24.7 Å². The van der Waals surface area contributed by atoms with E-state index in [0.717, 1.165) is 61.2 Å². The van der Waals surface area contributed by atoms with Crippen molar-refractivity contribution in [1.29, 1.82) is 0 Å². The van der Waals surface area contributed by atoms with Crippen LogP contribution in [0.2, 0.25) is 0 Å². The Morgan fingerprint density at radius 2 is 1.46 bits per heavy atom. The van der Waals surface area contributed by atoms with Crippen LogP contribution in [-0.4, -0.2) is 81.3 Å². The molecule has 0 saturated carbocycles. The number of nitrogens with zero attached hydrogens (tertiary/aromatic N) is 3. The largest absolute Gasteiger partial charge is 0.497 e. The van der Waals surface area contributed by atoms with Crippen LogP contribution in [0, 0.1) is 0 Å². The first-order chi connectivity index (χ1) is 18.2. The molecule has 0 bridgehead atoms. The van der Waals surface area contributed by atoms with Crippen molar-refractivity contribution in [2.45, 2.75) is 54.8 Å². The van der Waals surface area contributed by atoms with Crippen molar-refractivity contribution in [2.75, 3.05) is 64.4 Å². The molecule has 3 aliphatic rings. The van der Waals surface area contributed by atoms with Crippen LogP contribution in [0.15, 0.2) is 53.4 Å². The Labute approximate surface area is 226 Å².